The summed E-state index contributed by atoms with van der Waals surface area (Å²) in [5, 5.41) is 19.0. The standard InChI is InChI=1S/C19H20N6O4/c1-29-19(26)13-3-2-4-15(11-13)21-14-7-9-23(10-8-14)17-6-5-16-20-12-18(25(27)28)24(16)22-17/h2-6,11-12,14,21H,7-10H2,1H3. The van der Waals surface area contributed by atoms with E-state index in [9.17, 15) is 14.9 Å². The fraction of sp³-hybridized carbons (Fsp3) is 0.316. The maximum absolute atomic E-state index is 11.7. The van der Waals surface area contributed by atoms with Crippen molar-refractivity contribution in [2.24, 2.45) is 0 Å². The number of ether oxygens (including phenoxy) is 1. The molecule has 0 spiro atoms. The molecule has 1 aliphatic rings. The van der Waals surface area contributed by atoms with Crippen LogP contribution < -0.4 is 10.2 Å². The molecule has 10 heteroatoms. The lowest BCUT2D eigenvalue weighted by molar-refractivity contribution is -0.391. The summed E-state index contributed by atoms with van der Waals surface area (Å²) >= 11 is 0. The number of nitrogens with one attached hydrogen (secondary N) is 1. The molecule has 0 radical (unpaired) electrons. The molecule has 0 atom stereocenters. The zero-order chi connectivity index (χ0) is 20.4. The molecule has 2 aromatic heterocycles. The van der Waals surface area contributed by atoms with Crippen molar-refractivity contribution < 1.29 is 14.5 Å². The van der Waals surface area contributed by atoms with Crippen LogP contribution in [0, 0.1) is 10.1 Å². The fourth-order valence-electron chi connectivity index (χ4n) is 3.49. The first-order valence-electron chi connectivity index (χ1n) is 9.24. The van der Waals surface area contributed by atoms with E-state index in [2.05, 4.69) is 20.3 Å². The van der Waals surface area contributed by atoms with Crippen molar-refractivity contribution in [1.29, 1.82) is 0 Å². The molecule has 10 nitrogen and oxygen atoms in total. The second kappa shape index (κ2) is 7.74. The minimum Gasteiger partial charge on any atom is -0.465 e. The summed E-state index contributed by atoms with van der Waals surface area (Å²) in [6, 6.07) is 11.1. The molecule has 1 N–H and O–H groups in total. The molecule has 0 unspecified atom stereocenters. The number of anilines is 2. The van der Waals surface area contributed by atoms with Crippen LogP contribution in [0.3, 0.4) is 0 Å². The number of imidazole rings is 1. The summed E-state index contributed by atoms with van der Waals surface area (Å²) in [6.07, 6.45) is 2.95. The van der Waals surface area contributed by atoms with Crippen LogP contribution >= 0.6 is 0 Å². The largest absolute Gasteiger partial charge is 0.465 e. The highest BCUT2D eigenvalue weighted by Gasteiger charge is 2.23. The van der Waals surface area contributed by atoms with Crippen molar-refractivity contribution in [3.05, 3.63) is 58.3 Å². The number of fused-ring (bicyclic) bond motifs is 1. The summed E-state index contributed by atoms with van der Waals surface area (Å²) in [5.41, 5.74) is 1.83. The van der Waals surface area contributed by atoms with Gasteiger partial charge >= 0.3 is 11.8 Å². The molecule has 1 aromatic carbocycles. The lowest BCUT2D eigenvalue weighted by Gasteiger charge is -2.33. The molecule has 0 saturated carbocycles. The molecular weight excluding hydrogens is 376 g/mol. The molecular formula is C19H20N6O4. The number of nitrogens with zero attached hydrogens (tertiary/aromatic N) is 5. The highest BCUT2D eigenvalue weighted by molar-refractivity contribution is 5.90. The van der Waals surface area contributed by atoms with Gasteiger partial charge in [0.15, 0.2) is 5.82 Å². The Labute approximate surface area is 166 Å². The van der Waals surface area contributed by atoms with Crippen molar-refractivity contribution >= 4 is 28.9 Å². The van der Waals surface area contributed by atoms with Gasteiger partial charge in [0.2, 0.25) is 5.65 Å². The van der Waals surface area contributed by atoms with Crippen molar-refractivity contribution in [1.82, 2.24) is 14.6 Å². The van der Waals surface area contributed by atoms with Gasteiger partial charge in [-0.25, -0.2) is 9.78 Å². The zero-order valence-corrected chi connectivity index (χ0v) is 15.8. The molecule has 1 saturated heterocycles. The van der Waals surface area contributed by atoms with E-state index in [1.807, 2.05) is 18.2 Å². The monoisotopic (exact) mass is 396 g/mol. The van der Waals surface area contributed by atoms with Crippen LogP contribution in [-0.2, 0) is 4.74 Å². The van der Waals surface area contributed by atoms with E-state index in [0.29, 0.717) is 17.0 Å². The van der Waals surface area contributed by atoms with E-state index < -0.39 is 4.92 Å². The normalized spacial score (nSPS) is 14.7. The number of rotatable bonds is 5. The quantitative estimate of drug-likeness (QED) is 0.397. The van der Waals surface area contributed by atoms with Gasteiger partial charge in [0, 0.05) is 30.9 Å². The number of methoxy groups -OCH3 is 1. The van der Waals surface area contributed by atoms with Crippen LogP contribution in [-0.4, -0.2) is 51.7 Å². The van der Waals surface area contributed by atoms with E-state index in [1.165, 1.54) is 17.8 Å². The molecule has 3 heterocycles. The van der Waals surface area contributed by atoms with E-state index in [4.69, 9.17) is 4.74 Å². The fourth-order valence-corrected chi connectivity index (χ4v) is 3.49. The first-order chi connectivity index (χ1) is 14.0. The summed E-state index contributed by atoms with van der Waals surface area (Å²) in [5.74, 6) is 0.173. The second-order valence-electron chi connectivity index (χ2n) is 6.81. The van der Waals surface area contributed by atoms with Crippen LogP contribution in [0.15, 0.2) is 42.6 Å². The Kier molecular flexibility index (Phi) is 4.98. The predicted octanol–water partition coefficient (Wildman–Crippen LogP) is 2.51. The number of esters is 1. The van der Waals surface area contributed by atoms with Crippen LogP contribution in [0.2, 0.25) is 0 Å². The number of hydrogen-bond donors (Lipinski definition) is 1. The third-order valence-electron chi connectivity index (χ3n) is 4.99. The van der Waals surface area contributed by atoms with Crippen molar-refractivity contribution in [2.75, 3.05) is 30.4 Å². The predicted molar refractivity (Wildman–Crippen MR) is 106 cm³/mol. The minimum absolute atomic E-state index is 0.149. The number of carbonyl (C=O) groups excluding carboxylic acids is 1. The summed E-state index contributed by atoms with van der Waals surface area (Å²) in [6.45, 7) is 1.52. The third-order valence-corrected chi connectivity index (χ3v) is 4.99. The van der Waals surface area contributed by atoms with E-state index in [1.54, 1.807) is 18.2 Å². The maximum Gasteiger partial charge on any atom is 0.368 e. The Bertz CT molecular complexity index is 1060. The Hall–Kier alpha value is -3.69. The highest BCUT2D eigenvalue weighted by Crippen LogP contribution is 2.23. The highest BCUT2D eigenvalue weighted by atomic mass is 16.6. The smallest absolute Gasteiger partial charge is 0.368 e. The molecule has 0 aliphatic carbocycles. The Morgan fingerprint density at radius 2 is 2.07 bits per heavy atom. The maximum atomic E-state index is 11.7. The van der Waals surface area contributed by atoms with E-state index in [-0.39, 0.29) is 17.8 Å². The van der Waals surface area contributed by atoms with Crippen LogP contribution in [0.25, 0.3) is 5.65 Å². The Balaban J connectivity index is 1.42. The summed E-state index contributed by atoms with van der Waals surface area (Å²) in [7, 11) is 1.36. The topological polar surface area (TPSA) is 115 Å². The average molecular weight is 396 g/mol. The van der Waals surface area contributed by atoms with Crippen molar-refractivity contribution in [3.8, 4) is 0 Å². The second-order valence-corrected chi connectivity index (χ2v) is 6.81. The molecule has 29 heavy (non-hydrogen) atoms. The number of piperidine rings is 1. The van der Waals surface area contributed by atoms with Crippen LogP contribution in [0.1, 0.15) is 23.2 Å². The number of benzene rings is 1. The van der Waals surface area contributed by atoms with Gasteiger partial charge < -0.3 is 25.1 Å². The zero-order valence-electron chi connectivity index (χ0n) is 15.8. The lowest BCUT2D eigenvalue weighted by Crippen LogP contribution is -2.39. The van der Waals surface area contributed by atoms with Gasteiger partial charge in [0.25, 0.3) is 0 Å². The number of carbonyl (C=O) groups is 1. The minimum atomic E-state index is -0.491. The first-order valence-corrected chi connectivity index (χ1v) is 9.24. The van der Waals surface area contributed by atoms with Gasteiger partial charge in [-0.1, -0.05) is 15.7 Å². The van der Waals surface area contributed by atoms with Gasteiger partial charge in [0.1, 0.15) is 6.20 Å². The lowest BCUT2D eigenvalue weighted by atomic mass is 10.0. The average Bonchev–Trinajstić information content (AvgIpc) is 3.17. The Morgan fingerprint density at radius 1 is 1.28 bits per heavy atom. The molecule has 1 aliphatic heterocycles. The number of hydrogen-bond acceptors (Lipinski definition) is 8. The van der Waals surface area contributed by atoms with E-state index >= 15 is 0 Å². The molecule has 0 amide bonds. The number of nitro groups is 1. The number of aromatic nitrogens is 3. The van der Waals surface area contributed by atoms with Crippen LogP contribution in [0.5, 0.6) is 0 Å². The molecule has 150 valence electrons. The van der Waals surface area contributed by atoms with E-state index in [0.717, 1.165) is 31.6 Å². The van der Waals surface area contributed by atoms with Crippen LogP contribution in [0.4, 0.5) is 17.3 Å². The summed E-state index contributed by atoms with van der Waals surface area (Å²) < 4.78 is 6.03. The molecule has 1 fully saturated rings. The molecule has 3 aromatic rings. The van der Waals surface area contributed by atoms with Gasteiger partial charge in [-0.05, 0) is 42.0 Å². The van der Waals surface area contributed by atoms with Crippen molar-refractivity contribution in [2.45, 2.75) is 18.9 Å². The SMILES string of the molecule is COC(=O)c1cccc(NC2CCN(c3ccc4ncc([N+](=O)[O-])n4n3)CC2)c1. The van der Waals surface area contributed by atoms with Crippen molar-refractivity contribution in [3.63, 3.8) is 0 Å². The Morgan fingerprint density at radius 3 is 2.79 bits per heavy atom. The van der Waals surface area contributed by atoms with Gasteiger partial charge in [-0.3, -0.25) is 0 Å². The third kappa shape index (κ3) is 3.82. The van der Waals surface area contributed by atoms with Gasteiger partial charge in [-0.15, -0.1) is 0 Å². The van der Waals surface area contributed by atoms with Gasteiger partial charge in [-0.2, -0.15) is 0 Å². The summed E-state index contributed by atoms with van der Waals surface area (Å²) in [4.78, 5) is 28.4. The molecule has 0 bridgehead atoms. The first kappa shape index (κ1) is 18.7. The molecule has 4 rings (SSSR count). The van der Waals surface area contributed by atoms with Gasteiger partial charge in [0.05, 0.1) is 12.7 Å².